The minimum atomic E-state index is -4.61. The van der Waals surface area contributed by atoms with Crippen LogP contribution in [0.4, 0.5) is 28.4 Å². The van der Waals surface area contributed by atoms with Crippen LogP contribution in [0.1, 0.15) is 55.5 Å². The highest BCUT2D eigenvalue weighted by Crippen LogP contribution is 2.44. The molecule has 4 aliphatic heterocycles. The molecule has 6 heterocycles. The SMILES string of the molecule is CC1(C)CCC(CN2CCN(c3ccc(C(=O)NS(=O)(=O)c4ccc(NC[C@@H]5CN(C6COC6)CCO5)c([N+](=O)[O-])c4)c(N4CCCOc5nc6[nH]ccc6cc54)c3)CC2)=C(c2ccc(Cl)cc2)C1. The minimum absolute atomic E-state index is 0.104. The van der Waals surface area contributed by atoms with Gasteiger partial charge in [0.05, 0.1) is 59.6 Å². The molecule has 3 N–H and O–H groups in total. The minimum Gasteiger partial charge on any atom is -0.476 e. The van der Waals surface area contributed by atoms with Crippen molar-refractivity contribution in [3.05, 3.63) is 111 Å². The van der Waals surface area contributed by atoms with Crippen LogP contribution in [0.2, 0.25) is 5.02 Å². The zero-order valence-electron chi connectivity index (χ0n) is 38.9. The number of sulfonamides is 1. The molecule has 2 aromatic heterocycles. The summed E-state index contributed by atoms with van der Waals surface area (Å²) >= 11 is 6.28. The largest absolute Gasteiger partial charge is 0.476 e. The number of ether oxygens (including phenoxy) is 3. The number of pyridine rings is 1. The first kappa shape index (κ1) is 46.9. The molecule has 0 spiro atoms. The number of fused-ring (bicyclic) bond motifs is 2. The van der Waals surface area contributed by atoms with Crippen LogP contribution < -0.4 is 24.6 Å². The number of morpholine rings is 1. The van der Waals surface area contributed by atoms with Gasteiger partial charge in [-0.1, -0.05) is 43.2 Å². The Hall–Kier alpha value is -5.76. The van der Waals surface area contributed by atoms with Crippen molar-refractivity contribution in [1.29, 1.82) is 0 Å². The van der Waals surface area contributed by atoms with Gasteiger partial charge >= 0.3 is 0 Å². The van der Waals surface area contributed by atoms with Gasteiger partial charge in [-0.25, -0.2) is 13.1 Å². The number of hydrogen-bond acceptors (Lipinski definition) is 14. The second-order valence-electron chi connectivity index (χ2n) is 19.4. The summed E-state index contributed by atoms with van der Waals surface area (Å²) in [6, 6.07) is 21.5. The lowest BCUT2D eigenvalue weighted by Gasteiger charge is -2.42. The van der Waals surface area contributed by atoms with Crippen molar-refractivity contribution >= 4 is 72.6 Å². The monoisotopic (exact) mass is 979 g/mol. The number of nitro groups is 1. The molecule has 1 aliphatic carbocycles. The Morgan fingerprint density at radius 1 is 0.971 bits per heavy atom. The van der Waals surface area contributed by atoms with E-state index >= 15 is 0 Å². The quantitative estimate of drug-likeness (QED) is 0.0779. The molecule has 19 heteroatoms. The summed E-state index contributed by atoms with van der Waals surface area (Å²) in [5, 5.41) is 17.0. The number of benzene rings is 3. The van der Waals surface area contributed by atoms with Gasteiger partial charge in [-0.05, 0) is 96.8 Å². The maximum Gasteiger partial charge on any atom is 0.293 e. The third kappa shape index (κ3) is 10.3. The van der Waals surface area contributed by atoms with Gasteiger partial charge in [-0.3, -0.25) is 24.7 Å². The molecule has 364 valence electrons. The smallest absolute Gasteiger partial charge is 0.293 e. The van der Waals surface area contributed by atoms with Gasteiger partial charge < -0.3 is 34.3 Å². The summed E-state index contributed by atoms with van der Waals surface area (Å²) in [5.74, 6) is -0.495. The molecule has 3 fully saturated rings. The van der Waals surface area contributed by atoms with E-state index in [2.05, 4.69) is 55.7 Å². The maximum atomic E-state index is 14.5. The Morgan fingerprint density at radius 2 is 1.78 bits per heavy atom. The molecule has 1 amide bonds. The van der Waals surface area contributed by atoms with Gasteiger partial charge in [0.25, 0.3) is 21.6 Å². The molecule has 69 heavy (non-hydrogen) atoms. The standard InChI is InChI=1S/C50H58ClN9O8S/c1-50(2)14-12-35(42(27-50)33-4-6-36(51)7-5-33)29-56-17-19-57(20-18-56)37-8-10-41(44(25-37)59-16-3-22-68-49-46(59)24-34-13-15-52-47(34)54-49)48(61)55-69(64,65)40-9-11-43(45(26-40)60(62)63)53-28-39-30-58(21-23-67-39)38-31-66-32-38/h4-11,13,15,24-26,38-39,53H,3,12,14,16-23,27-32H2,1-2H3,(H,52,54)(H,55,61)/t39-/m1/s1. The number of aromatic nitrogens is 2. The first-order valence-electron chi connectivity index (χ1n) is 23.8. The van der Waals surface area contributed by atoms with Crippen molar-refractivity contribution in [1.82, 2.24) is 24.5 Å². The lowest BCUT2D eigenvalue weighted by atomic mass is 9.72. The van der Waals surface area contributed by atoms with Gasteiger partial charge in [0.2, 0.25) is 5.88 Å². The molecule has 17 nitrogen and oxygen atoms in total. The molecular formula is C50H58ClN9O8S. The Kier molecular flexibility index (Phi) is 13.3. The van der Waals surface area contributed by atoms with Crippen molar-refractivity contribution in [2.75, 3.05) is 100 Å². The van der Waals surface area contributed by atoms with Crippen LogP contribution in [0, 0.1) is 15.5 Å². The van der Waals surface area contributed by atoms with Crippen molar-refractivity contribution in [2.24, 2.45) is 5.41 Å². The number of H-pyrrole nitrogens is 1. The molecule has 5 aliphatic rings. The number of anilines is 4. The fourth-order valence-electron chi connectivity index (χ4n) is 10.1. The number of carbonyl (C=O) groups is 1. The van der Waals surface area contributed by atoms with Gasteiger partial charge in [0.15, 0.2) is 0 Å². The van der Waals surface area contributed by atoms with Crippen LogP contribution in [0.25, 0.3) is 16.6 Å². The number of piperazine rings is 1. The number of halogens is 1. The van der Waals surface area contributed by atoms with Crippen molar-refractivity contribution < 1.29 is 32.3 Å². The number of hydrogen-bond donors (Lipinski definition) is 3. The lowest BCUT2D eigenvalue weighted by Crippen LogP contribution is -2.56. The third-order valence-electron chi connectivity index (χ3n) is 14.1. The van der Waals surface area contributed by atoms with Gasteiger partial charge in [-0.15, -0.1) is 0 Å². The normalized spacial score (nSPS) is 20.5. The van der Waals surface area contributed by atoms with E-state index in [-0.39, 0.29) is 29.3 Å². The summed E-state index contributed by atoms with van der Waals surface area (Å²) in [6.07, 6.45) is 5.36. The molecule has 0 bridgehead atoms. The van der Waals surface area contributed by atoms with E-state index in [0.717, 1.165) is 80.7 Å². The lowest BCUT2D eigenvalue weighted by molar-refractivity contribution is -0.384. The predicted octanol–water partition coefficient (Wildman–Crippen LogP) is 7.46. The zero-order valence-corrected chi connectivity index (χ0v) is 40.5. The Morgan fingerprint density at radius 3 is 2.55 bits per heavy atom. The molecule has 5 aromatic rings. The van der Waals surface area contributed by atoms with Crippen molar-refractivity contribution in [2.45, 2.75) is 56.6 Å². The van der Waals surface area contributed by atoms with E-state index in [4.69, 9.17) is 30.8 Å². The highest BCUT2D eigenvalue weighted by molar-refractivity contribution is 7.90. The van der Waals surface area contributed by atoms with E-state index in [1.54, 1.807) is 12.3 Å². The van der Waals surface area contributed by atoms with E-state index in [1.165, 1.54) is 28.8 Å². The van der Waals surface area contributed by atoms with Gasteiger partial charge in [-0.2, -0.15) is 4.98 Å². The molecule has 3 saturated heterocycles. The average Bonchev–Trinajstić information content (AvgIpc) is 3.68. The molecule has 3 aromatic carbocycles. The zero-order chi connectivity index (χ0) is 47.9. The topological polar surface area (TPSA) is 188 Å². The number of nitrogens with zero attached hydrogens (tertiary/aromatic N) is 6. The summed E-state index contributed by atoms with van der Waals surface area (Å²) in [5.41, 5.74) is 6.80. The van der Waals surface area contributed by atoms with E-state index < -0.39 is 31.4 Å². The Balaban J connectivity index is 0.899. The van der Waals surface area contributed by atoms with E-state index in [9.17, 15) is 23.3 Å². The number of nitrogens with one attached hydrogen (secondary N) is 3. The van der Waals surface area contributed by atoms with Crippen LogP contribution >= 0.6 is 11.6 Å². The third-order valence-corrected chi connectivity index (χ3v) is 15.7. The number of aromatic amines is 1. The Labute approximate surface area is 406 Å². The predicted molar refractivity (Wildman–Crippen MR) is 266 cm³/mol. The van der Waals surface area contributed by atoms with E-state index in [0.29, 0.717) is 74.9 Å². The van der Waals surface area contributed by atoms with Gasteiger partial charge in [0, 0.05) is 87.3 Å². The van der Waals surface area contributed by atoms with E-state index in [1.807, 2.05) is 41.3 Å². The summed E-state index contributed by atoms with van der Waals surface area (Å²) in [4.78, 5) is 42.7. The van der Waals surface area contributed by atoms with Gasteiger partial charge in [0.1, 0.15) is 17.0 Å². The fraction of sp³-hybridized carbons (Fsp3) is 0.440. The fourth-order valence-corrected chi connectivity index (χ4v) is 11.2. The molecule has 10 rings (SSSR count). The maximum absolute atomic E-state index is 14.5. The number of carbonyl (C=O) groups excluding carboxylic acids is 1. The summed E-state index contributed by atoms with van der Waals surface area (Å²) < 4.78 is 47.7. The van der Waals surface area contributed by atoms with Crippen LogP contribution in [-0.4, -0.2) is 136 Å². The first-order valence-corrected chi connectivity index (χ1v) is 25.6. The first-order chi connectivity index (χ1) is 33.3. The highest BCUT2D eigenvalue weighted by Gasteiger charge is 2.34. The molecule has 0 radical (unpaired) electrons. The molecular weight excluding hydrogens is 922 g/mol. The number of amides is 1. The van der Waals surface area contributed by atoms with Crippen molar-refractivity contribution in [3.8, 4) is 5.88 Å². The number of rotatable bonds is 13. The second-order valence-corrected chi connectivity index (χ2v) is 21.5. The number of allylic oxidation sites excluding steroid dienone is 1. The van der Waals surface area contributed by atoms with Crippen molar-refractivity contribution in [3.63, 3.8) is 0 Å². The van der Waals surface area contributed by atoms with Crippen LogP contribution in [0.15, 0.2) is 89.5 Å². The Bertz CT molecular complexity index is 2880. The second kappa shape index (κ2) is 19.6. The molecule has 0 unspecified atom stereocenters. The molecule has 1 atom stereocenters. The summed E-state index contributed by atoms with van der Waals surface area (Å²) in [6.45, 7) is 13.1. The van der Waals surface area contributed by atoms with Crippen LogP contribution in [0.3, 0.4) is 0 Å². The average molecular weight is 981 g/mol. The highest BCUT2D eigenvalue weighted by atomic mass is 35.5. The van der Waals surface area contributed by atoms with Crippen LogP contribution in [0.5, 0.6) is 5.88 Å². The number of nitro benzene ring substituents is 1. The van der Waals surface area contributed by atoms with Crippen LogP contribution in [-0.2, 0) is 19.5 Å². The summed E-state index contributed by atoms with van der Waals surface area (Å²) in [7, 11) is -4.61. The molecule has 0 saturated carbocycles.